The first kappa shape index (κ1) is 10.6. The molecule has 2 unspecified atom stereocenters. The molecule has 2 atom stereocenters. The maximum Gasteiger partial charge on any atom is 0.317 e. The fourth-order valence-corrected chi connectivity index (χ4v) is 2.82. The van der Waals surface area contributed by atoms with Crippen LogP contribution in [0.5, 0.6) is 0 Å². The molecule has 4 heteroatoms. The second-order valence-electron chi connectivity index (χ2n) is 3.48. The summed E-state index contributed by atoms with van der Waals surface area (Å²) >= 11 is 1.56. The fraction of sp³-hybridized carbons (Fsp3) is 0.778. The number of carbonyl (C=O) groups is 2. The molecule has 0 radical (unpaired) electrons. The van der Waals surface area contributed by atoms with Crippen molar-refractivity contribution in [2.24, 2.45) is 11.8 Å². The highest BCUT2D eigenvalue weighted by Gasteiger charge is 2.41. The van der Waals surface area contributed by atoms with Crippen LogP contribution in [0.15, 0.2) is 0 Å². The van der Waals surface area contributed by atoms with E-state index < -0.39 is 5.92 Å². The monoisotopic (exact) mass is 202 g/mol. The zero-order valence-electron chi connectivity index (χ0n) is 8.07. The highest BCUT2D eigenvalue weighted by atomic mass is 32.2. The van der Waals surface area contributed by atoms with E-state index in [1.165, 1.54) is 7.11 Å². The van der Waals surface area contributed by atoms with E-state index in [0.717, 1.165) is 0 Å². The lowest BCUT2D eigenvalue weighted by atomic mass is 9.98. The predicted octanol–water partition coefficient (Wildman–Crippen LogP) is 1.12. The number of hydrogen-bond donors (Lipinski definition) is 0. The molecular weight excluding hydrogens is 188 g/mol. The van der Waals surface area contributed by atoms with Gasteiger partial charge in [0.1, 0.15) is 5.92 Å². The fourth-order valence-electron chi connectivity index (χ4n) is 1.41. The second kappa shape index (κ2) is 4.13. The van der Waals surface area contributed by atoms with Gasteiger partial charge in [0.15, 0.2) is 5.78 Å². The third kappa shape index (κ3) is 2.05. The summed E-state index contributed by atoms with van der Waals surface area (Å²) in [4.78, 5) is 22.8. The molecule has 1 aliphatic rings. The molecule has 1 saturated heterocycles. The predicted molar refractivity (Wildman–Crippen MR) is 51.6 cm³/mol. The Morgan fingerprint density at radius 2 is 2.23 bits per heavy atom. The Balaban J connectivity index is 2.65. The summed E-state index contributed by atoms with van der Waals surface area (Å²) in [5, 5.41) is -0.0240. The molecule has 1 heterocycles. The van der Waals surface area contributed by atoms with E-state index in [1.807, 2.05) is 13.8 Å². The van der Waals surface area contributed by atoms with Crippen molar-refractivity contribution in [1.29, 1.82) is 0 Å². The van der Waals surface area contributed by atoms with Gasteiger partial charge in [0, 0.05) is 5.75 Å². The summed E-state index contributed by atoms with van der Waals surface area (Å²) in [6.07, 6.45) is 0. The minimum absolute atomic E-state index is 0.0240. The molecule has 0 bridgehead atoms. The molecular formula is C9H14O3S. The van der Waals surface area contributed by atoms with Crippen LogP contribution in [-0.2, 0) is 14.3 Å². The molecule has 0 saturated carbocycles. The minimum atomic E-state index is -0.526. The molecule has 74 valence electrons. The Morgan fingerprint density at radius 1 is 1.62 bits per heavy atom. The summed E-state index contributed by atoms with van der Waals surface area (Å²) in [6, 6.07) is 0. The van der Waals surface area contributed by atoms with Gasteiger partial charge in [-0.1, -0.05) is 13.8 Å². The summed E-state index contributed by atoms with van der Waals surface area (Å²) in [7, 11) is 1.32. The average Bonchev–Trinajstić information content (AvgIpc) is 2.46. The first-order valence-electron chi connectivity index (χ1n) is 4.31. The molecule has 0 aromatic heterocycles. The van der Waals surface area contributed by atoms with Gasteiger partial charge >= 0.3 is 5.97 Å². The molecule has 0 amide bonds. The van der Waals surface area contributed by atoms with Crippen molar-refractivity contribution in [3.8, 4) is 0 Å². The van der Waals surface area contributed by atoms with Crippen molar-refractivity contribution in [3.05, 3.63) is 0 Å². The van der Waals surface area contributed by atoms with Gasteiger partial charge in [-0.2, -0.15) is 0 Å². The third-order valence-corrected chi connectivity index (χ3v) is 3.82. The highest BCUT2D eigenvalue weighted by molar-refractivity contribution is 8.01. The Hall–Kier alpha value is -0.510. The van der Waals surface area contributed by atoms with Crippen LogP contribution in [0, 0.1) is 11.8 Å². The van der Waals surface area contributed by atoms with E-state index in [2.05, 4.69) is 4.74 Å². The molecule has 1 aliphatic heterocycles. The van der Waals surface area contributed by atoms with Crippen LogP contribution in [-0.4, -0.2) is 29.9 Å². The lowest BCUT2D eigenvalue weighted by Gasteiger charge is -2.11. The third-order valence-electron chi connectivity index (χ3n) is 2.16. The van der Waals surface area contributed by atoms with Crippen molar-refractivity contribution < 1.29 is 14.3 Å². The topological polar surface area (TPSA) is 43.4 Å². The van der Waals surface area contributed by atoms with Crippen molar-refractivity contribution in [2.75, 3.05) is 12.9 Å². The quantitative estimate of drug-likeness (QED) is 0.497. The van der Waals surface area contributed by atoms with Crippen LogP contribution in [0.3, 0.4) is 0 Å². The van der Waals surface area contributed by atoms with E-state index in [1.54, 1.807) is 11.8 Å². The van der Waals surface area contributed by atoms with E-state index >= 15 is 0 Å². The van der Waals surface area contributed by atoms with Gasteiger partial charge in [0.05, 0.1) is 12.4 Å². The smallest absolute Gasteiger partial charge is 0.317 e. The van der Waals surface area contributed by atoms with Gasteiger partial charge in [0.25, 0.3) is 0 Å². The zero-order valence-corrected chi connectivity index (χ0v) is 8.89. The molecule has 1 fully saturated rings. The first-order valence-corrected chi connectivity index (χ1v) is 5.36. The molecule has 0 N–H and O–H groups in total. The van der Waals surface area contributed by atoms with Gasteiger partial charge in [0.2, 0.25) is 0 Å². The van der Waals surface area contributed by atoms with Crippen LogP contribution in [0.2, 0.25) is 0 Å². The highest BCUT2D eigenvalue weighted by Crippen LogP contribution is 2.33. The molecule has 0 spiro atoms. The molecule has 0 aliphatic carbocycles. The Labute approximate surface area is 82.2 Å². The van der Waals surface area contributed by atoms with Crippen molar-refractivity contribution in [1.82, 2.24) is 0 Å². The molecule has 0 aromatic carbocycles. The Bertz CT molecular complexity index is 225. The number of ether oxygens (including phenoxy) is 1. The van der Waals surface area contributed by atoms with Crippen LogP contribution in [0.1, 0.15) is 13.8 Å². The van der Waals surface area contributed by atoms with E-state index in [4.69, 9.17) is 0 Å². The normalized spacial score (nSPS) is 28.2. The number of methoxy groups -OCH3 is 1. The standard InChI is InChI=1S/C9H14O3S/c1-5(2)8-7(10)6(4-13-8)9(11)12-3/h5-6,8H,4H2,1-3H3. The lowest BCUT2D eigenvalue weighted by molar-refractivity contribution is -0.147. The number of ketones is 1. The number of esters is 1. The van der Waals surface area contributed by atoms with Crippen LogP contribution in [0.4, 0.5) is 0 Å². The SMILES string of the molecule is COC(=O)C1CSC(C(C)C)C1=O. The number of Topliss-reactive ketones (excluding diaryl/α,β-unsaturated/α-hetero) is 1. The minimum Gasteiger partial charge on any atom is -0.468 e. The average molecular weight is 202 g/mol. The van der Waals surface area contributed by atoms with Crippen molar-refractivity contribution in [3.63, 3.8) is 0 Å². The largest absolute Gasteiger partial charge is 0.468 e. The maximum absolute atomic E-state index is 11.6. The Morgan fingerprint density at radius 3 is 2.62 bits per heavy atom. The summed E-state index contributed by atoms with van der Waals surface area (Å²) in [5.41, 5.74) is 0. The van der Waals surface area contributed by atoms with Gasteiger partial charge in [-0.15, -0.1) is 11.8 Å². The van der Waals surface area contributed by atoms with E-state index in [-0.39, 0.29) is 17.0 Å². The van der Waals surface area contributed by atoms with Crippen molar-refractivity contribution >= 4 is 23.5 Å². The Kier molecular flexibility index (Phi) is 3.36. The van der Waals surface area contributed by atoms with E-state index in [0.29, 0.717) is 11.7 Å². The zero-order chi connectivity index (χ0) is 10.0. The second-order valence-corrected chi connectivity index (χ2v) is 4.65. The summed E-state index contributed by atoms with van der Waals surface area (Å²) in [5.74, 6) is -0.00370. The maximum atomic E-state index is 11.6. The van der Waals surface area contributed by atoms with Gasteiger partial charge in [-0.3, -0.25) is 9.59 Å². The van der Waals surface area contributed by atoms with Crippen LogP contribution >= 0.6 is 11.8 Å². The number of thioether (sulfide) groups is 1. The number of carbonyl (C=O) groups excluding carboxylic acids is 2. The number of hydrogen-bond acceptors (Lipinski definition) is 4. The van der Waals surface area contributed by atoms with Gasteiger partial charge in [-0.05, 0) is 5.92 Å². The lowest BCUT2D eigenvalue weighted by Crippen LogP contribution is -2.29. The van der Waals surface area contributed by atoms with E-state index in [9.17, 15) is 9.59 Å². The van der Waals surface area contributed by atoms with Gasteiger partial charge in [-0.25, -0.2) is 0 Å². The summed E-state index contributed by atoms with van der Waals surface area (Å²) in [6.45, 7) is 3.99. The first-order chi connectivity index (χ1) is 6.07. The van der Waals surface area contributed by atoms with Gasteiger partial charge < -0.3 is 4.74 Å². The molecule has 3 nitrogen and oxygen atoms in total. The van der Waals surface area contributed by atoms with Crippen LogP contribution in [0.25, 0.3) is 0 Å². The van der Waals surface area contributed by atoms with Crippen LogP contribution < -0.4 is 0 Å². The molecule has 1 rings (SSSR count). The summed E-state index contributed by atoms with van der Waals surface area (Å²) < 4.78 is 4.56. The number of rotatable bonds is 2. The van der Waals surface area contributed by atoms with Crippen molar-refractivity contribution in [2.45, 2.75) is 19.1 Å². The molecule has 13 heavy (non-hydrogen) atoms. The molecule has 0 aromatic rings.